The number of carbonyl (C=O) groups excluding carboxylic acids is 1. The fourth-order valence-electron chi connectivity index (χ4n) is 4.32. The molecule has 0 amide bonds. The summed E-state index contributed by atoms with van der Waals surface area (Å²) in [7, 11) is 0. The first-order valence-electron chi connectivity index (χ1n) is 10.1. The fraction of sp³-hybridized carbons (Fsp3) is 0.609. The van der Waals surface area contributed by atoms with Gasteiger partial charge < -0.3 is 11.1 Å². The third-order valence-corrected chi connectivity index (χ3v) is 6.84. The van der Waals surface area contributed by atoms with Gasteiger partial charge in [-0.2, -0.15) is 0 Å². The second kappa shape index (κ2) is 7.19. The Hall–Kier alpha value is -1.61. The lowest BCUT2D eigenvalue weighted by Gasteiger charge is -2.49. The molecule has 3 heteroatoms. The third-order valence-electron chi connectivity index (χ3n) is 6.84. The molecule has 2 aliphatic rings. The molecule has 142 valence electrons. The molecule has 0 atom stereocenters. The summed E-state index contributed by atoms with van der Waals surface area (Å²) in [6.07, 6.45) is 8.84. The van der Waals surface area contributed by atoms with Gasteiger partial charge in [0.15, 0.2) is 5.78 Å². The number of allylic oxidation sites excluding steroid dienone is 1. The molecule has 0 unspecified atom stereocenters. The van der Waals surface area contributed by atoms with Gasteiger partial charge in [0.2, 0.25) is 0 Å². The van der Waals surface area contributed by atoms with Crippen LogP contribution in [0.3, 0.4) is 0 Å². The van der Waals surface area contributed by atoms with Crippen LogP contribution < -0.4 is 11.1 Å². The molecule has 1 saturated carbocycles. The Morgan fingerprint density at radius 1 is 1.15 bits per heavy atom. The Balaban J connectivity index is 2.02. The highest BCUT2D eigenvalue weighted by Crippen LogP contribution is 2.44. The maximum Gasteiger partial charge on any atom is 0.160 e. The molecule has 1 aromatic rings. The van der Waals surface area contributed by atoms with Crippen LogP contribution in [0.25, 0.3) is 5.70 Å². The van der Waals surface area contributed by atoms with Crippen molar-refractivity contribution in [2.45, 2.75) is 83.7 Å². The Labute approximate surface area is 158 Å². The van der Waals surface area contributed by atoms with E-state index < -0.39 is 0 Å². The van der Waals surface area contributed by atoms with Gasteiger partial charge in [-0.25, -0.2) is 0 Å². The molecule has 26 heavy (non-hydrogen) atoms. The van der Waals surface area contributed by atoms with Gasteiger partial charge in [0.25, 0.3) is 0 Å². The molecule has 1 fully saturated rings. The molecule has 1 heterocycles. The zero-order chi connectivity index (χ0) is 18.9. The van der Waals surface area contributed by atoms with E-state index >= 15 is 0 Å². The monoisotopic (exact) mass is 354 g/mol. The van der Waals surface area contributed by atoms with Gasteiger partial charge in [0, 0.05) is 40.8 Å². The second-order valence-corrected chi connectivity index (χ2v) is 9.11. The van der Waals surface area contributed by atoms with E-state index in [0.717, 1.165) is 29.7 Å². The quantitative estimate of drug-likeness (QED) is 0.612. The number of hydrogen-bond acceptors (Lipinski definition) is 3. The lowest BCUT2D eigenvalue weighted by Crippen LogP contribution is -2.56. The molecule has 3 nitrogen and oxygen atoms in total. The van der Waals surface area contributed by atoms with E-state index in [1.165, 1.54) is 31.2 Å². The highest BCUT2D eigenvalue weighted by atomic mass is 16.1. The van der Waals surface area contributed by atoms with E-state index in [1.54, 1.807) is 0 Å². The average molecular weight is 355 g/mol. The predicted molar refractivity (Wildman–Crippen MR) is 109 cm³/mol. The van der Waals surface area contributed by atoms with Crippen molar-refractivity contribution in [1.29, 1.82) is 0 Å². The predicted octanol–water partition coefficient (Wildman–Crippen LogP) is 4.69. The van der Waals surface area contributed by atoms with Gasteiger partial charge in [0.1, 0.15) is 0 Å². The molecule has 0 bridgehead atoms. The fourth-order valence-corrected chi connectivity index (χ4v) is 4.32. The van der Waals surface area contributed by atoms with Crippen molar-refractivity contribution in [2.75, 3.05) is 0 Å². The lowest BCUT2D eigenvalue weighted by atomic mass is 9.65. The number of hydrogen-bond donors (Lipinski definition) is 2. The van der Waals surface area contributed by atoms with Gasteiger partial charge in [-0.15, -0.1) is 0 Å². The molecule has 3 rings (SSSR count). The molecular weight excluding hydrogens is 320 g/mol. The van der Waals surface area contributed by atoms with Crippen LogP contribution in [0.5, 0.6) is 0 Å². The minimum absolute atomic E-state index is 0.0435. The highest BCUT2D eigenvalue weighted by Gasteiger charge is 2.44. The SMILES string of the molecule is CC1(C)N/C(=C/C(=O)C2CCCCCC2)c2cc(CN)ccc2C1(C)C. The van der Waals surface area contributed by atoms with Crippen LogP contribution in [0.2, 0.25) is 0 Å². The van der Waals surface area contributed by atoms with Gasteiger partial charge in [0.05, 0.1) is 0 Å². The van der Waals surface area contributed by atoms with Crippen molar-refractivity contribution in [2.24, 2.45) is 11.7 Å². The van der Waals surface area contributed by atoms with Crippen LogP contribution in [-0.4, -0.2) is 11.3 Å². The molecule has 0 saturated heterocycles. The summed E-state index contributed by atoms with van der Waals surface area (Å²) in [5, 5.41) is 3.68. The van der Waals surface area contributed by atoms with Gasteiger partial charge in [-0.1, -0.05) is 51.7 Å². The van der Waals surface area contributed by atoms with Crippen molar-refractivity contribution in [3.8, 4) is 0 Å². The van der Waals surface area contributed by atoms with Crippen LogP contribution in [-0.2, 0) is 16.8 Å². The summed E-state index contributed by atoms with van der Waals surface area (Å²) >= 11 is 0. The Kier molecular flexibility index (Phi) is 5.30. The maximum atomic E-state index is 13.0. The summed E-state index contributed by atoms with van der Waals surface area (Å²) in [5.41, 5.74) is 10.2. The highest BCUT2D eigenvalue weighted by molar-refractivity contribution is 5.98. The van der Waals surface area contributed by atoms with Crippen molar-refractivity contribution >= 4 is 11.5 Å². The van der Waals surface area contributed by atoms with Crippen LogP contribution >= 0.6 is 0 Å². The molecule has 0 radical (unpaired) electrons. The third kappa shape index (κ3) is 3.46. The Morgan fingerprint density at radius 3 is 2.42 bits per heavy atom. The van der Waals surface area contributed by atoms with Crippen molar-refractivity contribution in [3.63, 3.8) is 0 Å². The maximum absolute atomic E-state index is 13.0. The topological polar surface area (TPSA) is 55.1 Å². The zero-order valence-electron chi connectivity index (χ0n) is 16.8. The van der Waals surface area contributed by atoms with Crippen molar-refractivity contribution in [3.05, 3.63) is 41.0 Å². The number of rotatable bonds is 3. The number of benzene rings is 1. The molecule has 3 N–H and O–H groups in total. The Bertz CT molecular complexity index is 707. The van der Waals surface area contributed by atoms with E-state index in [1.807, 2.05) is 6.08 Å². The standard InChI is InChI=1S/C23H34N2O/c1-22(2)19-12-11-16(15-24)13-18(19)20(25-23(22,3)4)14-21(26)17-9-7-5-6-8-10-17/h11-14,17,25H,5-10,15,24H2,1-4H3/b20-14+. The van der Waals surface area contributed by atoms with Gasteiger partial charge in [-0.3, -0.25) is 4.79 Å². The van der Waals surface area contributed by atoms with E-state index in [4.69, 9.17) is 5.73 Å². The molecular formula is C23H34N2O. The summed E-state index contributed by atoms with van der Waals surface area (Å²) in [5.74, 6) is 0.472. The number of nitrogens with one attached hydrogen (secondary N) is 1. The number of nitrogens with two attached hydrogens (primary N) is 1. The first kappa shape index (κ1) is 19.2. The zero-order valence-corrected chi connectivity index (χ0v) is 16.8. The van der Waals surface area contributed by atoms with Gasteiger partial charge >= 0.3 is 0 Å². The largest absolute Gasteiger partial charge is 0.379 e. The van der Waals surface area contributed by atoms with Crippen LogP contribution in [0.15, 0.2) is 24.3 Å². The minimum atomic E-state index is -0.139. The molecule has 0 spiro atoms. The summed E-state index contributed by atoms with van der Waals surface area (Å²) in [6.45, 7) is 9.49. The van der Waals surface area contributed by atoms with E-state index in [0.29, 0.717) is 6.54 Å². The lowest BCUT2D eigenvalue weighted by molar-refractivity contribution is -0.118. The summed E-state index contributed by atoms with van der Waals surface area (Å²) < 4.78 is 0. The van der Waals surface area contributed by atoms with Gasteiger partial charge in [-0.05, 0) is 43.9 Å². The normalized spacial score (nSPS) is 23.8. The first-order valence-corrected chi connectivity index (χ1v) is 10.1. The molecule has 1 aliphatic carbocycles. The number of ketones is 1. The molecule has 0 aromatic heterocycles. The number of carbonyl (C=O) groups is 1. The van der Waals surface area contributed by atoms with Crippen molar-refractivity contribution in [1.82, 2.24) is 5.32 Å². The second-order valence-electron chi connectivity index (χ2n) is 9.11. The van der Waals surface area contributed by atoms with E-state index in [9.17, 15) is 4.79 Å². The van der Waals surface area contributed by atoms with Crippen molar-refractivity contribution < 1.29 is 4.79 Å². The average Bonchev–Trinajstić information content (AvgIpc) is 2.88. The van der Waals surface area contributed by atoms with Crippen LogP contribution in [0, 0.1) is 5.92 Å². The minimum Gasteiger partial charge on any atom is -0.379 e. The molecule has 1 aliphatic heterocycles. The van der Waals surface area contributed by atoms with E-state index in [-0.39, 0.29) is 22.7 Å². The first-order chi connectivity index (χ1) is 12.3. The molecule has 1 aromatic carbocycles. The smallest absolute Gasteiger partial charge is 0.160 e. The Morgan fingerprint density at radius 2 is 1.81 bits per heavy atom. The van der Waals surface area contributed by atoms with E-state index in [2.05, 4.69) is 51.2 Å². The van der Waals surface area contributed by atoms with Crippen LogP contribution in [0.1, 0.15) is 82.9 Å². The number of fused-ring (bicyclic) bond motifs is 1. The summed E-state index contributed by atoms with van der Waals surface area (Å²) in [6, 6.07) is 6.47. The summed E-state index contributed by atoms with van der Waals surface area (Å²) in [4.78, 5) is 13.0. The van der Waals surface area contributed by atoms with Crippen LogP contribution in [0.4, 0.5) is 0 Å².